The SMILES string of the molecule is C=C(CCC)C(=C)c1c2nc(c(C3=C=CCC=CN3CC)c3ccc([nH]3)c(-c3nccn3CC)c3nc(c(-c4nccn4CC)c4ccc1[nH]4)C=C3)C=C2. The van der Waals surface area contributed by atoms with E-state index in [-0.39, 0.29) is 0 Å². The molecule has 0 aliphatic carbocycles. The van der Waals surface area contributed by atoms with Gasteiger partial charge in [-0.05, 0) is 99.4 Å². The van der Waals surface area contributed by atoms with E-state index in [9.17, 15) is 0 Å². The van der Waals surface area contributed by atoms with Gasteiger partial charge in [-0.2, -0.15) is 0 Å². The molecule has 2 N–H and O–H groups in total. The summed E-state index contributed by atoms with van der Waals surface area (Å²) in [4.78, 5) is 30.4. The number of nitrogens with one attached hydrogen (secondary N) is 2. The van der Waals surface area contributed by atoms with E-state index in [0.29, 0.717) is 0 Å². The predicted molar refractivity (Wildman–Crippen MR) is 223 cm³/mol. The van der Waals surface area contributed by atoms with Crippen LogP contribution in [0.2, 0.25) is 0 Å². The minimum atomic E-state index is 0.761. The molecule has 5 aromatic rings. The van der Waals surface area contributed by atoms with Gasteiger partial charge in [0.05, 0.1) is 61.7 Å². The quantitative estimate of drug-likeness (QED) is 0.109. The van der Waals surface area contributed by atoms with Crippen LogP contribution in [0.1, 0.15) is 80.9 Å². The molecule has 8 bridgehead atoms. The molecule has 9 heteroatoms. The molecule has 0 saturated heterocycles. The van der Waals surface area contributed by atoms with Gasteiger partial charge in [0.25, 0.3) is 0 Å². The number of hydrogen-bond acceptors (Lipinski definition) is 5. The van der Waals surface area contributed by atoms with Crippen LogP contribution in [0, 0.1) is 0 Å². The summed E-state index contributed by atoms with van der Waals surface area (Å²) in [5, 5.41) is 0. The second-order valence-corrected chi connectivity index (χ2v) is 13.5. The number of imidazole rings is 2. The molecule has 5 aromatic heterocycles. The Labute approximate surface area is 315 Å². The maximum atomic E-state index is 5.41. The van der Waals surface area contributed by atoms with Crippen LogP contribution in [0.5, 0.6) is 0 Å². The molecule has 0 spiro atoms. The van der Waals surface area contributed by atoms with Crippen LogP contribution in [0.3, 0.4) is 0 Å². The van der Waals surface area contributed by atoms with Crippen molar-refractivity contribution in [2.24, 2.45) is 0 Å². The standard InChI is InChI=1S/C45H45N9/c1-7-14-29(5)30(6)40-31-16-18-33(48-31)41(39-15-12-11-13-26-52(39)8-2)34-19-21-36(50-34)43(45-47-25-28-54(45)10-4)38-23-22-37(51-38)42(35-20-17-32(40)49-35)44-46-24-27-53(44)9-3/h12-13,16-28,49-50H,5-11,14H2,1-4H3. The molecule has 0 amide bonds. The summed E-state index contributed by atoms with van der Waals surface area (Å²) < 4.78 is 4.30. The first-order chi connectivity index (χ1) is 26.4. The Hall–Kier alpha value is -6.44. The van der Waals surface area contributed by atoms with Crippen LogP contribution in [0.25, 0.3) is 80.4 Å². The molecule has 8 heterocycles. The zero-order chi connectivity index (χ0) is 37.3. The minimum absolute atomic E-state index is 0.761. The number of hydrogen-bond donors (Lipinski definition) is 2. The van der Waals surface area contributed by atoms with Gasteiger partial charge in [-0.3, -0.25) is 0 Å². The highest BCUT2D eigenvalue weighted by atomic mass is 15.1. The Bertz CT molecular complexity index is 2640. The second kappa shape index (κ2) is 14.5. The van der Waals surface area contributed by atoms with Crippen molar-refractivity contribution in [2.45, 2.75) is 60.0 Å². The predicted octanol–water partition coefficient (Wildman–Crippen LogP) is 10.5. The molecule has 270 valence electrons. The van der Waals surface area contributed by atoms with E-state index < -0.39 is 0 Å². The number of aromatic amines is 2. The van der Waals surface area contributed by atoms with Crippen LogP contribution in [0.4, 0.5) is 0 Å². The van der Waals surface area contributed by atoms with E-state index in [2.05, 4.69) is 138 Å². The van der Waals surface area contributed by atoms with Gasteiger partial charge in [-0.25, -0.2) is 19.9 Å². The molecule has 3 aliphatic rings. The van der Waals surface area contributed by atoms with E-state index in [1.165, 1.54) is 0 Å². The van der Waals surface area contributed by atoms with Crippen molar-refractivity contribution in [3.05, 3.63) is 126 Å². The average molecular weight is 712 g/mol. The first-order valence-corrected chi connectivity index (χ1v) is 18.9. The molecule has 0 aromatic carbocycles. The zero-order valence-electron chi connectivity index (χ0n) is 31.4. The zero-order valence-corrected chi connectivity index (χ0v) is 31.4. The highest BCUT2D eigenvalue weighted by Crippen LogP contribution is 2.37. The lowest BCUT2D eigenvalue weighted by molar-refractivity contribution is 0.563. The van der Waals surface area contributed by atoms with Gasteiger partial charge in [0.2, 0.25) is 0 Å². The number of rotatable bonds is 10. The summed E-state index contributed by atoms with van der Waals surface area (Å²) in [5.41, 5.74) is 17.0. The molecular weight excluding hydrogens is 667 g/mol. The van der Waals surface area contributed by atoms with E-state index in [1.807, 2.05) is 24.8 Å². The molecule has 9 nitrogen and oxygen atoms in total. The summed E-state index contributed by atoms with van der Waals surface area (Å²) in [6.07, 6.45) is 25.1. The minimum Gasteiger partial charge on any atom is -0.354 e. The Kier molecular flexibility index (Phi) is 9.32. The van der Waals surface area contributed by atoms with Gasteiger partial charge in [-0.1, -0.05) is 38.3 Å². The third-order valence-corrected chi connectivity index (χ3v) is 10.2. The lowest BCUT2D eigenvalue weighted by Crippen LogP contribution is -2.15. The van der Waals surface area contributed by atoms with E-state index in [1.54, 1.807) is 0 Å². The molecule has 3 aliphatic heterocycles. The van der Waals surface area contributed by atoms with Crippen molar-refractivity contribution < 1.29 is 0 Å². The fraction of sp³-hybridized carbons (Fsp3) is 0.222. The van der Waals surface area contributed by atoms with E-state index in [0.717, 1.165) is 134 Å². The normalized spacial score (nSPS) is 13.5. The van der Waals surface area contributed by atoms with Crippen molar-refractivity contribution in [3.8, 4) is 22.8 Å². The molecule has 8 rings (SSSR count). The van der Waals surface area contributed by atoms with Crippen LogP contribution in [-0.4, -0.2) is 50.5 Å². The summed E-state index contributed by atoms with van der Waals surface area (Å²) in [6.45, 7) is 19.9. The Morgan fingerprint density at radius 1 is 0.704 bits per heavy atom. The lowest BCUT2D eigenvalue weighted by Gasteiger charge is -2.20. The maximum Gasteiger partial charge on any atom is 0.144 e. The van der Waals surface area contributed by atoms with Crippen LogP contribution < -0.4 is 0 Å². The van der Waals surface area contributed by atoms with Crippen molar-refractivity contribution in [2.75, 3.05) is 6.54 Å². The average Bonchev–Trinajstić information content (AvgIpc) is 4.03. The fourth-order valence-electron chi connectivity index (χ4n) is 7.51. The number of nitrogens with zero attached hydrogens (tertiary/aromatic N) is 7. The third-order valence-electron chi connectivity index (χ3n) is 10.2. The van der Waals surface area contributed by atoms with Crippen molar-refractivity contribution >= 4 is 57.6 Å². The van der Waals surface area contributed by atoms with Crippen LogP contribution in [-0.2, 0) is 13.1 Å². The Balaban J connectivity index is 1.58. The van der Waals surface area contributed by atoms with E-state index in [4.69, 9.17) is 19.9 Å². The number of aromatic nitrogens is 8. The van der Waals surface area contributed by atoms with Crippen LogP contribution >= 0.6 is 0 Å². The second-order valence-electron chi connectivity index (χ2n) is 13.5. The Morgan fingerprint density at radius 2 is 1.24 bits per heavy atom. The highest BCUT2D eigenvalue weighted by molar-refractivity contribution is 5.98. The van der Waals surface area contributed by atoms with Crippen molar-refractivity contribution in [1.82, 2.24) is 43.9 Å². The third kappa shape index (κ3) is 6.02. The van der Waals surface area contributed by atoms with Crippen molar-refractivity contribution in [3.63, 3.8) is 0 Å². The first kappa shape index (κ1) is 34.6. The Morgan fingerprint density at radius 3 is 1.83 bits per heavy atom. The van der Waals surface area contributed by atoms with Gasteiger partial charge in [-0.15, -0.1) is 0 Å². The number of allylic oxidation sites excluding steroid dienone is 4. The highest BCUT2D eigenvalue weighted by Gasteiger charge is 2.23. The molecule has 0 atom stereocenters. The van der Waals surface area contributed by atoms with Gasteiger partial charge < -0.3 is 24.0 Å². The van der Waals surface area contributed by atoms with Gasteiger partial charge in [0.15, 0.2) is 0 Å². The summed E-state index contributed by atoms with van der Waals surface area (Å²) in [7, 11) is 0. The number of aryl methyl sites for hydroxylation is 2. The van der Waals surface area contributed by atoms with Gasteiger partial charge in [0.1, 0.15) is 11.6 Å². The molecule has 0 unspecified atom stereocenters. The number of fused-ring (bicyclic) bond motifs is 8. The van der Waals surface area contributed by atoms with Gasteiger partial charge in [0, 0.05) is 61.7 Å². The lowest BCUT2D eigenvalue weighted by atomic mass is 9.96. The summed E-state index contributed by atoms with van der Waals surface area (Å²) >= 11 is 0. The molecule has 54 heavy (non-hydrogen) atoms. The molecule has 0 radical (unpaired) electrons. The van der Waals surface area contributed by atoms with Crippen molar-refractivity contribution in [1.29, 1.82) is 0 Å². The number of H-pyrrole nitrogens is 2. The molecule has 0 fully saturated rings. The maximum absolute atomic E-state index is 5.41. The topological polar surface area (TPSA) is 96.2 Å². The monoisotopic (exact) mass is 711 g/mol. The molecule has 0 saturated carbocycles. The first-order valence-electron chi connectivity index (χ1n) is 18.9. The van der Waals surface area contributed by atoms with Crippen LogP contribution in [0.15, 0.2) is 91.9 Å². The molecular formula is C45H45N9. The largest absolute Gasteiger partial charge is 0.354 e. The summed E-state index contributed by atoms with van der Waals surface area (Å²) in [6, 6.07) is 8.49. The summed E-state index contributed by atoms with van der Waals surface area (Å²) in [5.74, 6) is 1.67. The smallest absolute Gasteiger partial charge is 0.144 e. The fourth-order valence-corrected chi connectivity index (χ4v) is 7.51. The van der Waals surface area contributed by atoms with E-state index >= 15 is 0 Å². The van der Waals surface area contributed by atoms with Gasteiger partial charge >= 0.3 is 0 Å².